The molecule has 1 aromatic heterocycles. The van der Waals surface area contributed by atoms with Gasteiger partial charge in [0.05, 0.1) is 9.78 Å². The Morgan fingerprint density at radius 2 is 1.88 bits per heavy atom. The Hall–Kier alpha value is -2.38. The van der Waals surface area contributed by atoms with E-state index in [4.69, 9.17) is 0 Å². The highest BCUT2D eigenvalue weighted by Crippen LogP contribution is 2.31. The highest BCUT2D eigenvalue weighted by Gasteiger charge is 2.34. The number of thioether (sulfide) groups is 1. The number of imide groups is 1. The molecule has 3 rings (SSSR count). The molecule has 3 amide bonds. The number of nitrogens with zero attached hydrogens (tertiary/aromatic N) is 1. The summed E-state index contributed by atoms with van der Waals surface area (Å²) in [7, 11) is 0. The molecule has 7 heteroatoms. The normalized spacial score (nSPS) is 15.8. The highest BCUT2D eigenvalue weighted by atomic mass is 32.2. The van der Waals surface area contributed by atoms with Crippen molar-refractivity contribution in [3.05, 3.63) is 62.2 Å². The van der Waals surface area contributed by atoms with Crippen molar-refractivity contribution >= 4 is 46.2 Å². The number of aryl methyl sites for hydroxylation is 2. The SMILES string of the molecule is Cc1ccc(/C=C2\SC(=O)N(CCNC(=O)c3sccc3C)C2=O)cc1. The van der Waals surface area contributed by atoms with Gasteiger partial charge in [0.25, 0.3) is 17.1 Å². The molecule has 1 N–H and O–H groups in total. The fraction of sp³-hybridized carbons (Fsp3) is 0.211. The molecule has 134 valence electrons. The quantitative estimate of drug-likeness (QED) is 0.793. The molecule has 1 saturated heterocycles. The van der Waals surface area contributed by atoms with Gasteiger partial charge < -0.3 is 5.32 Å². The van der Waals surface area contributed by atoms with Crippen LogP contribution in [0.5, 0.6) is 0 Å². The van der Waals surface area contributed by atoms with E-state index < -0.39 is 0 Å². The van der Waals surface area contributed by atoms with Gasteiger partial charge in [0, 0.05) is 13.1 Å². The summed E-state index contributed by atoms with van der Waals surface area (Å²) in [5.41, 5.74) is 2.93. The zero-order valence-electron chi connectivity index (χ0n) is 14.4. The monoisotopic (exact) mass is 386 g/mol. The maximum atomic E-state index is 12.5. The molecule has 1 aliphatic rings. The maximum Gasteiger partial charge on any atom is 0.293 e. The molecule has 0 saturated carbocycles. The summed E-state index contributed by atoms with van der Waals surface area (Å²) < 4.78 is 0. The van der Waals surface area contributed by atoms with Gasteiger partial charge >= 0.3 is 0 Å². The second-order valence-electron chi connectivity index (χ2n) is 5.93. The number of thiophene rings is 1. The number of carbonyl (C=O) groups is 3. The van der Waals surface area contributed by atoms with E-state index in [-0.39, 0.29) is 30.1 Å². The van der Waals surface area contributed by atoms with E-state index >= 15 is 0 Å². The first kappa shape index (κ1) is 18.4. The predicted octanol–water partition coefficient (Wildman–Crippen LogP) is 3.83. The van der Waals surface area contributed by atoms with Crippen molar-refractivity contribution in [3.8, 4) is 0 Å². The average Bonchev–Trinajstić information content (AvgIpc) is 3.15. The smallest absolute Gasteiger partial charge is 0.293 e. The van der Waals surface area contributed by atoms with Crippen molar-refractivity contribution in [1.82, 2.24) is 10.2 Å². The highest BCUT2D eigenvalue weighted by molar-refractivity contribution is 8.18. The van der Waals surface area contributed by atoms with Crippen molar-refractivity contribution in [1.29, 1.82) is 0 Å². The fourth-order valence-electron chi connectivity index (χ4n) is 2.47. The first-order chi connectivity index (χ1) is 12.5. The number of amides is 3. The van der Waals surface area contributed by atoms with Crippen molar-refractivity contribution in [2.75, 3.05) is 13.1 Å². The van der Waals surface area contributed by atoms with Crippen molar-refractivity contribution in [2.45, 2.75) is 13.8 Å². The number of rotatable bonds is 5. The minimum Gasteiger partial charge on any atom is -0.350 e. The Labute approximate surface area is 160 Å². The van der Waals surface area contributed by atoms with E-state index in [0.29, 0.717) is 9.78 Å². The molecule has 0 atom stereocenters. The van der Waals surface area contributed by atoms with E-state index in [1.54, 1.807) is 6.08 Å². The number of carbonyl (C=O) groups excluding carboxylic acids is 3. The van der Waals surface area contributed by atoms with Crippen LogP contribution in [0.25, 0.3) is 6.08 Å². The van der Waals surface area contributed by atoms with Crippen molar-refractivity contribution in [2.24, 2.45) is 0 Å². The number of nitrogens with one attached hydrogen (secondary N) is 1. The van der Waals surface area contributed by atoms with Crippen LogP contribution >= 0.6 is 23.1 Å². The van der Waals surface area contributed by atoms with Crippen LogP contribution in [-0.2, 0) is 4.79 Å². The van der Waals surface area contributed by atoms with E-state index in [2.05, 4.69) is 5.32 Å². The Morgan fingerprint density at radius 1 is 1.15 bits per heavy atom. The lowest BCUT2D eigenvalue weighted by molar-refractivity contribution is -0.122. The van der Waals surface area contributed by atoms with Crippen LogP contribution in [0.4, 0.5) is 4.79 Å². The molecule has 1 aliphatic heterocycles. The number of hydrogen-bond acceptors (Lipinski definition) is 5. The van der Waals surface area contributed by atoms with Gasteiger partial charge in [-0.3, -0.25) is 19.3 Å². The number of benzene rings is 1. The molecule has 0 aliphatic carbocycles. The molecule has 1 aromatic carbocycles. The van der Waals surface area contributed by atoms with Gasteiger partial charge in [-0.1, -0.05) is 29.8 Å². The van der Waals surface area contributed by atoms with Gasteiger partial charge in [0.2, 0.25) is 0 Å². The first-order valence-corrected chi connectivity index (χ1v) is 9.79. The van der Waals surface area contributed by atoms with Gasteiger partial charge in [-0.05, 0) is 54.3 Å². The molecule has 0 unspecified atom stereocenters. The van der Waals surface area contributed by atoms with Crippen LogP contribution in [-0.4, -0.2) is 35.0 Å². The summed E-state index contributed by atoms with van der Waals surface area (Å²) in [5.74, 6) is -0.498. The molecule has 0 bridgehead atoms. The third-order valence-electron chi connectivity index (χ3n) is 3.94. The van der Waals surface area contributed by atoms with Crippen LogP contribution in [0.15, 0.2) is 40.6 Å². The third kappa shape index (κ3) is 4.05. The Morgan fingerprint density at radius 3 is 2.54 bits per heavy atom. The largest absolute Gasteiger partial charge is 0.350 e. The van der Waals surface area contributed by atoms with Crippen LogP contribution in [0, 0.1) is 13.8 Å². The minimum atomic E-state index is -0.317. The third-order valence-corrected chi connectivity index (χ3v) is 5.86. The van der Waals surface area contributed by atoms with Gasteiger partial charge in [-0.25, -0.2) is 0 Å². The van der Waals surface area contributed by atoms with E-state index in [0.717, 1.165) is 28.5 Å². The molecular formula is C19H18N2O3S2. The molecular weight excluding hydrogens is 368 g/mol. The van der Waals surface area contributed by atoms with Gasteiger partial charge in [-0.15, -0.1) is 11.3 Å². The summed E-state index contributed by atoms with van der Waals surface area (Å²) in [4.78, 5) is 38.9. The van der Waals surface area contributed by atoms with Crippen LogP contribution < -0.4 is 5.32 Å². The average molecular weight is 386 g/mol. The summed E-state index contributed by atoms with van der Waals surface area (Å²) in [6, 6.07) is 9.61. The van der Waals surface area contributed by atoms with Crippen molar-refractivity contribution in [3.63, 3.8) is 0 Å². The van der Waals surface area contributed by atoms with E-state index in [1.165, 1.54) is 16.2 Å². The topological polar surface area (TPSA) is 66.5 Å². The Balaban J connectivity index is 1.60. The maximum absolute atomic E-state index is 12.5. The summed E-state index contributed by atoms with van der Waals surface area (Å²) in [5, 5.41) is 4.31. The van der Waals surface area contributed by atoms with Gasteiger partial charge in [0.1, 0.15) is 0 Å². The van der Waals surface area contributed by atoms with Gasteiger partial charge in [-0.2, -0.15) is 0 Å². The van der Waals surface area contributed by atoms with E-state index in [1.807, 2.05) is 49.6 Å². The summed E-state index contributed by atoms with van der Waals surface area (Å²) in [6.07, 6.45) is 1.72. The van der Waals surface area contributed by atoms with Crippen LogP contribution in [0.2, 0.25) is 0 Å². The Bertz CT molecular complexity index is 884. The lowest BCUT2D eigenvalue weighted by Gasteiger charge is -2.12. The van der Waals surface area contributed by atoms with Gasteiger partial charge in [0.15, 0.2) is 0 Å². The molecule has 0 spiro atoms. The van der Waals surface area contributed by atoms with Crippen molar-refractivity contribution < 1.29 is 14.4 Å². The molecule has 0 radical (unpaired) electrons. The second kappa shape index (κ2) is 7.88. The molecule has 26 heavy (non-hydrogen) atoms. The summed E-state index contributed by atoms with van der Waals surface area (Å²) in [6.45, 7) is 4.25. The standard InChI is InChI=1S/C19H18N2O3S2/c1-12-3-5-14(6-4-12)11-15-18(23)21(19(24)26-15)9-8-20-17(22)16-13(2)7-10-25-16/h3-7,10-11H,8-9H2,1-2H3,(H,20,22)/b15-11-. The Kier molecular flexibility index (Phi) is 5.58. The fourth-order valence-corrected chi connectivity index (χ4v) is 4.18. The molecule has 2 aromatic rings. The zero-order valence-corrected chi connectivity index (χ0v) is 16.1. The number of hydrogen-bond donors (Lipinski definition) is 1. The molecule has 5 nitrogen and oxygen atoms in total. The second-order valence-corrected chi connectivity index (χ2v) is 7.84. The lowest BCUT2D eigenvalue weighted by Crippen LogP contribution is -2.37. The minimum absolute atomic E-state index is 0.159. The molecule has 2 heterocycles. The van der Waals surface area contributed by atoms with Crippen LogP contribution in [0.3, 0.4) is 0 Å². The predicted molar refractivity (Wildman–Crippen MR) is 105 cm³/mol. The molecule has 1 fully saturated rings. The van der Waals surface area contributed by atoms with E-state index in [9.17, 15) is 14.4 Å². The summed E-state index contributed by atoms with van der Waals surface area (Å²) >= 11 is 2.30. The lowest BCUT2D eigenvalue weighted by atomic mass is 10.1. The van der Waals surface area contributed by atoms with Crippen LogP contribution in [0.1, 0.15) is 26.4 Å². The zero-order chi connectivity index (χ0) is 18.7. The first-order valence-electron chi connectivity index (χ1n) is 8.10.